The zero-order chi connectivity index (χ0) is 13.6. The summed E-state index contributed by atoms with van der Waals surface area (Å²) in [6, 6.07) is 0.0694. The number of carbonyl (C=O) groups is 1. The second-order valence-electron chi connectivity index (χ2n) is 7.38. The normalized spacial score (nSPS) is 33.3. The van der Waals surface area contributed by atoms with Crippen molar-refractivity contribution in [2.45, 2.75) is 71.5 Å². The van der Waals surface area contributed by atoms with Crippen LogP contribution in [0.25, 0.3) is 0 Å². The average Bonchev–Trinajstić information content (AvgIpc) is 3.23. The number of hydrogen-bond acceptors (Lipinski definition) is 2. The molecule has 2 saturated carbocycles. The summed E-state index contributed by atoms with van der Waals surface area (Å²) in [5.74, 6) is 1.88. The molecule has 0 aromatic rings. The lowest BCUT2D eigenvalue weighted by atomic mass is 9.99. The summed E-state index contributed by atoms with van der Waals surface area (Å²) in [5.41, 5.74) is 0.525. The molecule has 1 amide bonds. The molecule has 3 fully saturated rings. The third-order valence-corrected chi connectivity index (χ3v) is 5.27. The number of nitrogens with one attached hydrogen (secondary N) is 1. The fraction of sp³-hybridized carbons (Fsp3) is 0.938. The van der Waals surface area contributed by atoms with Crippen molar-refractivity contribution in [2.75, 3.05) is 6.54 Å². The Balaban J connectivity index is 1.66. The van der Waals surface area contributed by atoms with Gasteiger partial charge in [-0.3, -0.25) is 10.1 Å². The van der Waals surface area contributed by atoms with Crippen LogP contribution in [0.4, 0.5) is 0 Å². The van der Waals surface area contributed by atoms with Gasteiger partial charge in [-0.05, 0) is 55.8 Å². The van der Waals surface area contributed by atoms with Crippen LogP contribution in [0.5, 0.6) is 0 Å². The third kappa shape index (κ3) is 2.54. The summed E-state index contributed by atoms with van der Waals surface area (Å²) in [6.07, 6.45) is 7.80. The van der Waals surface area contributed by atoms with Gasteiger partial charge in [-0.25, -0.2) is 0 Å². The highest BCUT2D eigenvalue weighted by Gasteiger charge is 2.56. The lowest BCUT2D eigenvalue weighted by molar-refractivity contribution is -0.131. The molecule has 1 heterocycles. The zero-order valence-electron chi connectivity index (χ0n) is 12.6. The van der Waals surface area contributed by atoms with Crippen LogP contribution >= 0.6 is 0 Å². The van der Waals surface area contributed by atoms with E-state index in [1.54, 1.807) is 0 Å². The van der Waals surface area contributed by atoms with Gasteiger partial charge in [-0.15, -0.1) is 0 Å². The quantitative estimate of drug-likeness (QED) is 0.800. The van der Waals surface area contributed by atoms with Crippen LogP contribution in [-0.4, -0.2) is 29.6 Å². The van der Waals surface area contributed by atoms with Gasteiger partial charge in [0.1, 0.15) is 0 Å². The Morgan fingerprint density at radius 2 is 2.05 bits per heavy atom. The fourth-order valence-corrected chi connectivity index (χ4v) is 3.80. The van der Waals surface area contributed by atoms with E-state index in [9.17, 15) is 4.79 Å². The highest BCUT2D eigenvalue weighted by atomic mass is 16.2. The smallest absolute Gasteiger partial charge is 0.241 e. The van der Waals surface area contributed by atoms with Gasteiger partial charge < -0.3 is 4.90 Å². The van der Waals surface area contributed by atoms with Gasteiger partial charge in [0, 0.05) is 6.54 Å². The van der Waals surface area contributed by atoms with Gasteiger partial charge in [0.15, 0.2) is 0 Å². The molecule has 0 aromatic carbocycles. The molecule has 2 atom stereocenters. The first kappa shape index (κ1) is 13.4. The average molecular weight is 264 g/mol. The summed E-state index contributed by atoms with van der Waals surface area (Å²) in [6.45, 7) is 7.61. The maximum absolute atomic E-state index is 12.6. The Bertz CT molecular complexity index is 358. The number of amides is 1. The molecule has 0 spiro atoms. The Morgan fingerprint density at radius 3 is 2.53 bits per heavy atom. The van der Waals surface area contributed by atoms with Crippen LogP contribution in [0.3, 0.4) is 0 Å². The molecule has 0 bridgehead atoms. The molecule has 1 N–H and O–H groups in total. The Labute approximate surface area is 117 Å². The predicted molar refractivity (Wildman–Crippen MR) is 76.6 cm³/mol. The minimum atomic E-state index is 0.0694. The topological polar surface area (TPSA) is 32.3 Å². The van der Waals surface area contributed by atoms with E-state index in [2.05, 4.69) is 31.0 Å². The summed E-state index contributed by atoms with van der Waals surface area (Å²) >= 11 is 0. The molecule has 1 aliphatic heterocycles. The number of carbonyl (C=O) groups excluding carboxylic acids is 1. The van der Waals surface area contributed by atoms with E-state index in [4.69, 9.17) is 0 Å². The van der Waals surface area contributed by atoms with Crippen LogP contribution in [0.15, 0.2) is 0 Å². The van der Waals surface area contributed by atoms with E-state index in [1.165, 1.54) is 25.7 Å². The standard InChI is InChI=1S/C16H28N2O/c1-4-14-17-13(9-11(2)3)15(19)18(14)10-16(7-8-16)12-5-6-12/h11-14,17H,4-10H2,1-3H3. The van der Waals surface area contributed by atoms with Crippen LogP contribution in [-0.2, 0) is 4.79 Å². The SMILES string of the molecule is CCC1NC(CC(C)C)C(=O)N1CC1(C2CC2)CC1. The Morgan fingerprint density at radius 1 is 1.37 bits per heavy atom. The third-order valence-electron chi connectivity index (χ3n) is 5.27. The van der Waals surface area contributed by atoms with E-state index in [0.717, 1.165) is 25.3 Å². The maximum atomic E-state index is 12.6. The van der Waals surface area contributed by atoms with Crippen molar-refractivity contribution in [3.8, 4) is 0 Å². The second kappa shape index (κ2) is 4.76. The first-order valence-corrected chi connectivity index (χ1v) is 8.12. The predicted octanol–water partition coefficient (Wildman–Crippen LogP) is 2.76. The molecule has 2 unspecified atom stereocenters. The first-order valence-electron chi connectivity index (χ1n) is 8.12. The van der Waals surface area contributed by atoms with Crippen LogP contribution < -0.4 is 5.32 Å². The fourth-order valence-electron chi connectivity index (χ4n) is 3.80. The minimum Gasteiger partial charge on any atom is -0.325 e. The lowest BCUT2D eigenvalue weighted by Crippen LogP contribution is -2.41. The minimum absolute atomic E-state index is 0.0694. The molecule has 3 aliphatic rings. The van der Waals surface area contributed by atoms with Crippen LogP contribution in [0.1, 0.15) is 59.3 Å². The molecular weight excluding hydrogens is 236 g/mol. The van der Waals surface area contributed by atoms with Crippen molar-refractivity contribution in [2.24, 2.45) is 17.3 Å². The van der Waals surface area contributed by atoms with Gasteiger partial charge in [-0.1, -0.05) is 20.8 Å². The molecule has 3 rings (SSSR count). The molecule has 19 heavy (non-hydrogen) atoms. The van der Waals surface area contributed by atoms with Gasteiger partial charge in [0.25, 0.3) is 0 Å². The van der Waals surface area contributed by atoms with Crippen LogP contribution in [0.2, 0.25) is 0 Å². The van der Waals surface area contributed by atoms with Crippen molar-refractivity contribution in [3.63, 3.8) is 0 Å². The van der Waals surface area contributed by atoms with Crippen molar-refractivity contribution < 1.29 is 4.79 Å². The maximum Gasteiger partial charge on any atom is 0.241 e. The summed E-state index contributed by atoms with van der Waals surface area (Å²) in [5, 5.41) is 3.56. The van der Waals surface area contributed by atoms with Crippen molar-refractivity contribution in [1.29, 1.82) is 0 Å². The summed E-state index contributed by atoms with van der Waals surface area (Å²) in [4.78, 5) is 14.8. The van der Waals surface area contributed by atoms with E-state index >= 15 is 0 Å². The number of rotatable bonds is 6. The van der Waals surface area contributed by atoms with Crippen LogP contribution in [0, 0.1) is 17.3 Å². The molecule has 0 radical (unpaired) electrons. The van der Waals surface area contributed by atoms with E-state index < -0.39 is 0 Å². The van der Waals surface area contributed by atoms with Crippen molar-refractivity contribution >= 4 is 5.91 Å². The molecule has 2 aliphatic carbocycles. The van der Waals surface area contributed by atoms with Gasteiger partial charge in [-0.2, -0.15) is 0 Å². The van der Waals surface area contributed by atoms with E-state index in [0.29, 0.717) is 17.2 Å². The summed E-state index contributed by atoms with van der Waals surface area (Å²) in [7, 11) is 0. The molecular formula is C16H28N2O. The lowest BCUT2D eigenvalue weighted by Gasteiger charge is -2.28. The highest BCUT2D eigenvalue weighted by molar-refractivity contribution is 5.84. The zero-order valence-corrected chi connectivity index (χ0v) is 12.6. The second-order valence-corrected chi connectivity index (χ2v) is 7.38. The molecule has 1 saturated heterocycles. The van der Waals surface area contributed by atoms with Gasteiger partial charge in [0.2, 0.25) is 5.91 Å². The number of hydrogen-bond donors (Lipinski definition) is 1. The monoisotopic (exact) mass is 264 g/mol. The van der Waals surface area contributed by atoms with Crippen molar-refractivity contribution in [1.82, 2.24) is 10.2 Å². The van der Waals surface area contributed by atoms with E-state index in [-0.39, 0.29) is 12.2 Å². The largest absolute Gasteiger partial charge is 0.325 e. The Hall–Kier alpha value is -0.570. The van der Waals surface area contributed by atoms with Gasteiger partial charge >= 0.3 is 0 Å². The molecule has 3 nitrogen and oxygen atoms in total. The number of nitrogens with zero attached hydrogens (tertiary/aromatic N) is 1. The molecule has 0 aromatic heterocycles. The molecule has 3 heteroatoms. The highest BCUT2D eigenvalue weighted by Crippen LogP contribution is 2.61. The first-order chi connectivity index (χ1) is 9.05. The van der Waals surface area contributed by atoms with E-state index in [1.807, 2.05) is 0 Å². The molecule has 108 valence electrons. The van der Waals surface area contributed by atoms with Crippen molar-refractivity contribution in [3.05, 3.63) is 0 Å². The summed E-state index contributed by atoms with van der Waals surface area (Å²) < 4.78 is 0. The Kier molecular flexibility index (Phi) is 3.36. The van der Waals surface area contributed by atoms with Gasteiger partial charge in [0.05, 0.1) is 12.2 Å².